The van der Waals surface area contributed by atoms with E-state index in [0.717, 1.165) is 30.5 Å². The summed E-state index contributed by atoms with van der Waals surface area (Å²) >= 11 is 0. The fourth-order valence-corrected chi connectivity index (χ4v) is 3.05. The third-order valence-electron chi connectivity index (χ3n) is 4.34. The zero-order valence-electron chi connectivity index (χ0n) is 14.3. The third-order valence-corrected chi connectivity index (χ3v) is 4.34. The van der Waals surface area contributed by atoms with Crippen LogP contribution in [-0.4, -0.2) is 28.7 Å². The van der Waals surface area contributed by atoms with Crippen LogP contribution in [0, 0.1) is 5.92 Å². The van der Waals surface area contributed by atoms with Gasteiger partial charge in [-0.15, -0.1) is 0 Å². The van der Waals surface area contributed by atoms with Gasteiger partial charge in [0.05, 0.1) is 12.2 Å². The molecule has 1 saturated carbocycles. The second-order valence-corrected chi connectivity index (χ2v) is 7.73. The van der Waals surface area contributed by atoms with Crippen LogP contribution < -0.4 is 5.32 Å². The minimum atomic E-state index is 0.105. The van der Waals surface area contributed by atoms with Crippen molar-refractivity contribution in [2.45, 2.75) is 78.0 Å². The molecule has 0 aromatic carbocycles. The fourth-order valence-electron chi connectivity index (χ4n) is 3.05. The maximum absolute atomic E-state index is 5.49. The first-order valence-electron chi connectivity index (χ1n) is 8.23. The smallest absolute Gasteiger partial charge is 0.151 e. The van der Waals surface area contributed by atoms with Crippen LogP contribution in [0.1, 0.15) is 64.8 Å². The monoisotopic (exact) mass is 293 g/mol. The molecule has 1 heterocycles. The van der Waals surface area contributed by atoms with Gasteiger partial charge >= 0.3 is 0 Å². The number of rotatable bonds is 5. The van der Waals surface area contributed by atoms with Crippen molar-refractivity contribution in [3.05, 3.63) is 17.5 Å². The molecule has 2 unspecified atom stereocenters. The Morgan fingerprint density at radius 3 is 2.81 bits per heavy atom. The minimum Gasteiger partial charge on any atom is -0.360 e. The molecule has 0 amide bonds. The SMILES string of the molecule is CC1CCCC(N(C)Cc2cc(CNC(C)(C)C)no2)C1. The van der Waals surface area contributed by atoms with Gasteiger partial charge < -0.3 is 9.84 Å². The second-order valence-electron chi connectivity index (χ2n) is 7.73. The van der Waals surface area contributed by atoms with Crippen molar-refractivity contribution >= 4 is 0 Å². The highest BCUT2D eigenvalue weighted by Gasteiger charge is 2.23. The largest absolute Gasteiger partial charge is 0.360 e. The molecule has 1 aromatic heterocycles. The molecule has 0 radical (unpaired) electrons. The van der Waals surface area contributed by atoms with Crippen molar-refractivity contribution in [2.75, 3.05) is 7.05 Å². The molecule has 1 N–H and O–H groups in total. The maximum atomic E-state index is 5.49. The highest BCUT2D eigenvalue weighted by molar-refractivity contribution is 5.05. The average molecular weight is 293 g/mol. The summed E-state index contributed by atoms with van der Waals surface area (Å²) in [6.07, 6.45) is 5.36. The summed E-state index contributed by atoms with van der Waals surface area (Å²) in [5.74, 6) is 1.83. The van der Waals surface area contributed by atoms with E-state index >= 15 is 0 Å². The van der Waals surface area contributed by atoms with Crippen molar-refractivity contribution in [2.24, 2.45) is 5.92 Å². The van der Waals surface area contributed by atoms with E-state index in [2.05, 4.69) is 56.2 Å². The molecule has 1 fully saturated rings. The predicted molar refractivity (Wildman–Crippen MR) is 86.0 cm³/mol. The van der Waals surface area contributed by atoms with Crippen LogP contribution >= 0.6 is 0 Å². The number of hydrogen-bond acceptors (Lipinski definition) is 4. The minimum absolute atomic E-state index is 0.105. The second kappa shape index (κ2) is 6.93. The summed E-state index contributed by atoms with van der Waals surface area (Å²) in [5, 5.41) is 7.61. The first-order chi connectivity index (χ1) is 9.83. The van der Waals surface area contributed by atoms with Crippen molar-refractivity contribution in [3.63, 3.8) is 0 Å². The van der Waals surface area contributed by atoms with Crippen LogP contribution in [0.4, 0.5) is 0 Å². The van der Waals surface area contributed by atoms with E-state index < -0.39 is 0 Å². The summed E-state index contributed by atoms with van der Waals surface area (Å²) in [7, 11) is 2.21. The van der Waals surface area contributed by atoms with Crippen LogP contribution in [-0.2, 0) is 13.1 Å². The number of nitrogens with one attached hydrogen (secondary N) is 1. The van der Waals surface area contributed by atoms with Gasteiger partial charge in [0.15, 0.2) is 5.76 Å². The van der Waals surface area contributed by atoms with E-state index in [1.165, 1.54) is 25.7 Å². The normalized spacial score (nSPS) is 23.7. The van der Waals surface area contributed by atoms with Crippen LogP contribution in [0.25, 0.3) is 0 Å². The lowest BCUT2D eigenvalue weighted by atomic mass is 9.86. The molecule has 21 heavy (non-hydrogen) atoms. The van der Waals surface area contributed by atoms with Gasteiger partial charge in [-0.2, -0.15) is 0 Å². The molecule has 4 nitrogen and oxygen atoms in total. The highest BCUT2D eigenvalue weighted by Crippen LogP contribution is 2.27. The fraction of sp³-hybridized carbons (Fsp3) is 0.824. The summed E-state index contributed by atoms with van der Waals surface area (Å²) < 4.78 is 5.49. The Labute approximate surface area is 129 Å². The molecule has 1 aromatic rings. The first-order valence-corrected chi connectivity index (χ1v) is 8.23. The molecule has 1 aliphatic rings. The Balaban J connectivity index is 1.84. The summed E-state index contributed by atoms with van der Waals surface area (Å²) in [4.78, 5) is 2.43. The molecule has 0 spiro atoms. The Bertz CT molecular complexity index is 435. The summed E-state index contributed by atoms with van der Waals surface area (Å²) in [5.41, 5.74) is 1.10. The zero-order chi connectivity index (χ0) is 15.5. The van der Waals surface area contributed by atoms with Crippen molar-refractivity contribution in [1.29, 1.82) is 0 Å². The lowest BCUT2D eigenvalue weighted by Gasteiger charge is -2.33. The topological polar surface area (TPSA) is 41.3 Å². The van der Waals surface area contributed by atoms with Gasteiger partial charge in [-0.3, -0.25) is 4.90 Å². The molecule has 0 aliphatic heterocycles. The maximum Gasteiger partial charge on any atom is 0.151 e. The lowest BCUT2D eigenvalue weighted by Crippen LogP contribution is -2.35. The molecular formula is C17H31N3O. The molecule has 2 rings (SSSR count). The third kappa shape index (κ3) is 5.44. The number of nitrogens with zero attached hydrogens (tertiary/aromatic N) is 2. The van der Waals surface area contributed by atoms with E-state index in [0.29, 0.717) is 6.04 Å². The molecule has 120 valence electrons. The zero-order valence-corrected chi connectivity index (χ0v) is 14.3. The Morgan fingerprint density at radius 1 is 1.38 bits per heavy atom. The van der Waals surface area contributed by atoms with Crippen LogP contribution in [0.5, 0.6) is 0 Å². The molecule has 1 aliphatic carbocycles. The van der Waals surface area contributed by atoms with Crippen molar-refractivity contribution < 1.29 is 4.52 Å². The van der Waals surface area contributed by atoms with Gasteiger partial charge in [0.25, 0.3) is 0 Å². The van der Waals surface area contributed by atoms with Crippen LogP contribution in [0.15, 0.2) is 10.6 Å². The van der Waals surface area contributed by atoms with Crippen LogP contribution in [0.2, 0.25) is 0 Å². The van der Waals surface area contributed by atoms with Gasteiger partial charge in [0.1, 0.15) is 0 Å². The van der Waals surface area contributed by atoms with E-state index in [9.17, 15) is 0 Å². The Kier molecular flexibility index (Phi) is 5.44. The molecular weight excluding hydrogens is 262 g/mol. The number of aromatic nitrogens is 1. The van der Waals surface area contributed by atoms with Gasteiger partial charge in [-0.1, -0.05) is 24.9 Å². The quantitative estimate of drug-likeness (QED) is 0.901. The molecule has 4 heteroatoms. The lowest BCUT2D eigenvalue weighted by molar-refractivity contribution is 0.145. The van der Waals surface area contributed by atoms with Gasteiger partial charge in [0, 0.05) is 24.2 Å². The van der Waals surface area contributed by atoms with E-state index in [1.807, 2.05) is 0 Å². The number of hydrogen-bond donors (Lipinski definition) is 1. The van der Waals surface area contributed by atoms with Gasteiger partial charge in [-0.25, -0.2) is 0 Å². The molecule has 0 bridgehead atoms. The van der Waals surface area contributed by atoms with Gasteiger partial charge in [0.2, 0.25) is 0 Å². The standard InChI is InChI=1S/C17H31N3O/c1-13-7-6-8-15(9-13)20(5)12-16-10-14(19-21-16)11-18-17(2,3)4/h10,13,15,18H,6-9,11-12H2,1-5H3. The van der Waals surface area contributed by atoms with Crippen molar-refractivity contribution in [1.82, 2.24) is 15.4 Å². The molecule has 2 atom stereocenters. The predicted octanol–water partition coefficient (Wildman–Crippen LogP) is 3.57. The van der Waals surface area contributed by atoms with E-state index in [1.54, 1.807) is 0 Å². The molecule has 0 saturated heterocycles. The Morgan fingerprint density at radius 2 is 2.14 bits per heavy atom. The summed E-state index contributed by atoms with van der Waals surface area (Å²) in [6, 6.07) is 2.77. The van der Waals surface area contributed by atoms with Gasteiger partial charge in [-0.05, 0) is 46.6 Å². The van der Waals surface area contributed by atoms with E-state index in [4.69, 9.17) is 4.52 Å². The highest BCUT2D eigenvalue weighted by atomic mass is 16.5. The Hall–Kier alpha value is -0.870. The van der Waals surface area contributed by atoms with E-state index in [-0.39, 0.29) is 5.54 Å². The van der Waals surface area contributed by atoms with Crippen LogP contribution in [0.3, 0.4) is 0 Å². The summed E-state index contributed by atoms with van der Waals surface area (Å²) in [6.45, 7) is 10.5. The average Bonchev–Trinajstić information content (AvgIpc) is 2.83. The van der Waals surface area contributed by atoms with Crippen molar-refractivity contribution in [3.8, 4) is 0 Å². The first kappa shape index (κ1) is 16.5.